The summed E-state index contributed by atoms with van der Waals surface area (Å²) in [6.45, 7) is 2.53. The van der Waals surface area contributed by atoms with E-state index in [1.807, 2.05) is 0 Å². The summed E-state index contributed by atoms with van der Waals surface area (Å²) < 4.78 is 6.35. The van der Waals surface area contributed by atoms with E-state index >= 15 is 0 Å². The van der Waals surface area contributed by atoms with Crippen molar-refractivity contribution in [3.8, 4) is 0 Å². The molecule has 0 bridgehead atoms. The van der Waals surface area contributed by atoms with Crippen LogP contribution in [0, 0.1) is 0 Å². The molecule has 5 heteroatoms. The van der Waals surface area contributed by atoms with E-state index in [9.17, 15) is 0 Å². The second kappa shape index (κ2) is 17.5. The van der Waals surface area contributed by atoms with Crippen LogP contribution in [0.5, 0.6) is 0 Å². The summed E-state index contributed by atoms with van der Waals surface area (Å²) in [5, 5.41) is 2.72. The molecule has 0 saturated heterocycles. The molecule has 3 nitrogen and oxygen atoms in total. The van der Waals surface area contributed by atoms with Gasteiger partial charge in [0, 0.05) is 44.4 Å². The molecule has 11 rings (SSSR count). The Morgan fingerprint density at radius 1 is 0.515 bits per heavy atom. The van der Waals surface area contributed by atoms with Crippen molar-refractivity contribution in [1.29, 1.82) is 0 Å². The standard InChI is InChI=1S/C61H56N3SSi/c1-48-57-45-61-60(63(52-33-17-6-18-34-52)66(55-39-23-9-24-40-55,56-41-25-10-26-42-56)64(61,2)53-35-19-7-20-36-53)46-59(57)62(51-31-15-5-16-32-51)65(54-37-21-8-22-38-54,44-43-49-27-11-3-12-28-49)47-58(48)50-29-13-4-14-30-50/h3-42,45-46,48,58H,43-44,47H2,1-2H3/q+1. The van der Waals surface area contributed by atoms with Crippen LogP contribution in [-0.4, -0.2) is 27.0 Å². The lowest BCUT2D eigenvalue weighted by Crippen LogP contribution is -2.82. The maximum atomic E-state index is 2.88. The predicted octanol–water partition coefficient (Wildman–Crippen LogP) is 14.4. The van der Waals surface area contributed by atoms with Gasteiger partial charge in [-0.3, -0.25) is 8.45 Å². The van der Waals surface area contributed by atoms with Crippen molar-refractivity contribution >= 4 is 63.1 Å². The van der Waals surface area contributed by atoms with E-state index in [4.69, 9.17) is 0 Å². The van der Waals surface area contributed by atoms with E-state index in [1.54, 1.807) is 0 Å². The van der Waals surface area contributed by atoms with E-state index in [1.165, 1.54) is 66.1 Å². The van der Waals surface area contributed by atoms with Crippen LogP contribution in [0.1, 0.15) is 35.4 Å². The first kappa shape index (κ1) is 41.8. The van der Waals surface area contributed by atoms with E-state index in [-0.39, 0.29) is 11.8 Å². The van der Waals surface area contributed by atoms with Crippen LogP contribution in [0.15, 0.2) is 260 Å². The Labute approximate surface area is 394 Å². The maximum Gasteiger partial charge on any atom is 0.480 e. The van der Waals surface area contributed by atoms with Crippen molar-refractivity contribution in [3.05, 3.63) is 271 Å². The second-order valence-corrected chi connectivity index (χ2v) is 25.1. The normalized spacial score (nSPS) is 21.8. The molecular weight excluding hydrogens is 835 g/mol. The Hall–Kier alpha value is -6.89. The van der Waals surface area contributed by atoms with Crippen molar-refractivity contribution < 1.29 is 0 Å². The van der Waals surface area contributed by atoms with Gasteiger partial charge in [0.2, 0.25) is 0 Å². The third-order valence-corrected chi connectivity index (χ3v) is 23.8. The molecule has 0 amide bonds. The molecule has 2 aliphatic rings. The van der Waals surface area contributed by atoms with Gasteiger partial charge in [-0.15, -0.1) is 10.2 Å². The largest absolute Gasteiger partial charge is 0.480 e. The molecule has 0 spiro atoms. The summed E-state index contributed by atoms with van der Waals surface area (Å²) >= 11 is 0. The van der Waals surface area contributed by atoms with Crippen molar-refractivity contribution in [1.82, 2.24) is 4.15 Å². The smallest absolute Gasteiger partial charge is 0.307 e. The van der Waals surface area contributed by atoms with Gasteiger partial charge < -0.3 is 4.57 Å². The highest BCUT2D eigenvalue weighted by atomic mass is 32.3. The quantitative estimate of drug-likeness (QED) is 0.126. The molecule has 0 aliphatic carbocycles. The summed E-state index contributed by atoms with van der Waals surface area (Å²) in [4.78, 5) is 1.42. The number of nitrogens with zero attached hydrogens (tertiary/aromatic N) is 3. The molecular formula is C61H56N3SSi+. The lowest BCUT2D eigenvalue weighted by Gasteiger charge is -2.51. The van der Waals surface area contributed by atoms with Gasteiger partial charge in [0.1, 0.15) is 17.1 Å². The molecule has 4 unspecified atom stereocenters. The molecule has 0 saturated carbocycles. The molecule has 324 valence electrons. The zero-order valence-corrected chi connectivity index (χ0v) is 39.6. The fourth-order valence-electron chi connectivity index (χ4n) is 11.5. The highest BCUT2D eigenvalue weighted by Crippen LogP contribution is 2.70. The zero-order valence-electron chi connectivity index (χ0n) is 37.8. The third-order valence-electron chi connectivity index (χ3n) is 14.5. The molecule has 2 heterocycles. The van der Waals surface area contributed by atoms with Gasteiger partial charge in [-0.25, -0.2) is 0 Å². The van der Waals surface area contributed by atoms with Crippen molar-refractivity contribution in [3.63, 3.8) is 0 Å². The molecule has 4 atom stereocenters. The van der Waals surface area contributed by atoms with Gasteiger partial charge in [0.05, 0.1) is 18.4 Å². The van der Waals surface area contributed by atoms with Crippen molar-refractivity contribution in [2.24, 2.45) is 0 Å². The van der Waals surface area contributed by atoms with Gasteiger partial charge in [0.15, 0.2) is 0 Å². The minimum atomic E-state index is -3.22. The first-order valence-electron chi connectivity index (χ1n) is 23.4. The zero-order chi connectivity index (χ0) is 44.6. The Bertz CT molecular complexity index is 3000. The fourth-order valence-corrected chi connectivity index (χ4v) is 21.7. The molecule has 0 fully saturated rings. The summed E-state index contributed by atoms with van der Waals surface area (Å²) in [5.74, 6) is 2.46. The molecule has 9 aromatic carbocycles. The molecule has 0 radical (unpaired) electrons. The number of para-hydroxylation sites is 3. The third kappa shape index (κ3) is 6.76. The van der Waals surface area contributed by atoms with Crippen LogP contribution in [0.4, 0.5) is 34.1 Å². The summed E-state index contributed by atoms with van der Waals surface area (Å²) in [7, 11) is -2.53. The molecule has 2 aliphatic heterocycles. The van der Waals surface area contributed by atoms with Crippen LogP contribution in [0.3, 0.4) is 0 Å². The van der Waals surface area contributed by atoms with Gasteiger partial charge >= 0.3 is 8.40 Å². The van der Waals surface area contributed by atoms with Gasteiger partial charge in [0.25, 0.3) is 0 Å². The van der Waals surface area contributed by atoms with Crippen LogP contribution in [0.2, 0.25) is 0 Å². The first-order chi connectivity index (χ1) is 32.5. The number of aryl methyl sites for hydroxylation is 1. The first-order valence-corrected chi connectivity index (χ1v) is 27.2. The topological polar surface area (TPSA) is 6.48 Å². The second-order valence-electron chi connectivity index (χ2n) is 18.0. The number of hydrogen-bond acceptors (Lipinski definition) is 2. The molecule has 66 heavy (non-hydrogen) atoms. The van der Waals surface area contributed by atoms with Crippen LogP contribution >= 0.6 is 10.2 Å². The average molecular weight is 891 g/mol. The van der Waals surface area contributed by atoms with Gasteiger partial charge in [-0.2, -0.15) is 0 Å². The Balaban J connectivity index is 1.30. The highest BCUT2D eigenvalue weighted by Gasteiger charge is 2.70. The monoisotopic (exact) mass is 890 g/mol. The van der Waals surface area contributed by atoms with Gasteiger partial charge in [-0.1, -0.05) is 201 Å². The Kier molecular flexibility index (Phi) is 11.1. The van der Waals surface area contributed by atoms with Crippen LogP contribution < -0.4 is 23.4 Å². The minimum absolute atomic E-state index is 0.188. The lowest BCUT2D eigenvalue weighted by atomic mass is 9.82. The number of fused-ring (bicyclic) bond motifs is 2. The summed E-state index contributed by atoms with van der Waals surface area (Å²) in [5.41, 5.74) is 11.8. The fraction of sp³-hybridized carbons (Fsp3) is 0.115. The number of anilines is 4. The van der Waals surface area contributed by atoms with E-state index < -0.39 is 18.6 Å². The van der Waals surface area contributed by atoms with Crippen molar-refractivity contribution in [2.75, 3.05) is 27.4 Å². The molecule has 0 aromatic heterocycles. The number of benzene rings is 9. The minimum Gasteiger partial charge on any atom is -0.307 e. The predicted molar refractivity (Wildman–Crippen MR) is 285 cm³/mol. The average Bonchev–Trinajstić information content (AvgIpc) is 3.57. The van der Waals surface area contributed by atoms with Gasteiger partial charge in [-0.05, 0) is 83.6 Å². The lowest BCUT2D eigenvalue weighted by molar-refractivity contribution is 0.630. The van der Waals surface area contributed by atoms with Crippen LogP contribution in [0.25, 0.3) is 0 Å². The van der Waals surface area contributed by atoms with E-state index in [0.29, 0.717) is 4.15 Å². The maximum absolute atomic E-state index is 3.22. The number of rotatable bonds is 10. The highest BCUT2D eigenvalue weighted by molar-refractivity contribution is 8.35. The Morgan fingerprint density at radius 2 is 0.985 bits per heavy atom. The number of hydrogen-bond donors (Lipinski definition) is 0. The summed E-state index contributed by atoms with van der Waals surface area (Å²) in [6.07, 6.45) is 0.974. The Morgan fingerprint density at radius 3 is 1.55 bits per heavy atom. The van der Waals surface area contributed by atoms with Crippen LogP contribution in [-0.2, 0) is 6.42 Å². The molecule has 9 aromatic rings. The van der Waals surface area contributed by atoms with E-state index in [2.05, 4.69) is 278 Å². The SMILES string of the molecule is CC1c2cc3c(cc2N(c2ccccc2)S(CCc2ccccc2)(c2ccccc2)CC1c1ccccc1)N(c1ccccc1)[Si](c1ccccc1)(c1ccccc1)[N+]3(C)c1ccccc1. The number of quaternary nitrogens is 1. The van der Waals surface area contributed by atoms with E-state index in [0.717, 1.165) is 17.9 Å². The summed E-state index contributed by atoms with van der Waals surface area (Å²) in [6, 6.07) is 96.5. The van der Waals surface area contributed by atoms with Crippen molar-refractivity contribution in [2.45, 2.75) is 30.1 Å². The molecule has 0 N–H and O–H groups in total.